The molecule has 0 aromatic carbocycles. The minimum absolute atomic E-state index is 0.0548. The van der Waals surface area contributed by atoms with Gasteiger partial charge in [-0.2, -0.15) is 4.31 Å². The molecule has 1 saturated heterocycles. The molecule has 2 fully saturated rings. The third-order valence-corrected chi connectivity index (χ3v) is 5.19. The highest BCUT2D eigenvalue weighted by atomic mass is 32.2. The van der Waals surface area contributed by atoms with E-state index in [0.29, 0.717) is 19.6 Å². The van der Waals surface area contributed by atoms with Crippen LogP contribution in [0, 0.1) is 0 Å². The predicted octanol–water partition coefficient (Wildman–Crippen LogP) is -0.473. The van der Waals surface area contributed by atoms with Gasteiger partial charge in [0, 0.05) is 19.6 Å². The summed E-state index contributed by atoms with van der Waals surface area (Å²) in [7, 11) is -3.07. The van der Waals surface area contributed by atoms with E-state index in [1.807, 2.05) is 6.92 Å². The molecule has 2 N–H and O–H groups in total. The van der Waals surface area contributed by atoms with Crippen molar-refractivity contribution in [1.29, 1.82) is 0 Å². The lowest BCUT2D eigenvalue weighted by molar-refractivity contribution is -0.0486. The van der Waals surface area contributed by atoms with Crippen molar-refractivity contribution in [3.63, 3.8) is 0 Å². The Morgan fingerprint density at radius 2 is 2.07 bits per heavy atom. The summed E-state index contributed by atoms with van der Waals surface area (Å²) in [5.41, 5.74) is 5.52. The fourth-order valence-electron chi connectivity index (χ4n) is 1.92. The van der Waals surface area contributed by atoms with Gasteiger partial charge in [-0.05, 0) is 19.8 Å². The molecular formula is C9H18N2O3S. The Kier molecular flexibility index (Phi) is 3.03. The third kappa shape index (κ3) is 2.33. The molecule has 0 aromatic rings. The van der Waals surface area contributed by atoms with Crippen molar-refractivity contribution in [2.45, 2.75) is 37.2 Å². The van der Waals surface area contributed by atoms with Gasteiger partial charge < -0.3 is 10.5 Å². The Morgan fingerprint density at radius 3 is 2.60 bits per heavy atom. The Balaban J connectivity index is 2.08. The molecule has 5 nitrogen and oxygen atoms in total. The lowest BCUT2D eigenvalue weighted by atomic mass is 10.2. The van der Waals surface area contributed by atoms with Crippen molar-refractivity contribution in [1.82, 2.24) is 4.31 Å². The molecule has 2 rings (SSSR count). The summed E-state index contributed by atoms with van der Waals surface area (Å²) in [6.07, 6.45) is 1.41. The minimum atomic E-state index is -3.07. The Morgan fingerprint density at radius 1 is 1.40 bits per heavy atom. The van der Waals surface area contributed by atoms with Crippen LogP contribution in [0.2, 0.25) is 0 Å². The maximum Gasteiger partial charge on any atom is 0.217 e. The van der Waals surface area contributed by atoms with Crippen molar-refractivity contribution < 1.29 is 13.2 Å². The monoisotopic (exact) mass is 234 g/mol. The van der Waals surface area contributed by atoms with E-state index in [-0.39, 0.29) is 17.5 Å². The van der Waals surface area contributed by atoms with E-state index < -0.39 is 10.0 Å². The summed E-state index contributed by atoms with van der Waals surface area (Å²) in [5.74, 6) is 0. The van der Waals surface area contributed by atoms with E-state index in [9.17, 15) is 8.42 Å². The predicted molar refractivity (Wildman–Crippen MR) is 56.9 cm³/mol. The van der Waals surface area contributed by atoms with Crippen LogP contribution in [0.5, 0.6) is 0 Å². The van der Waals surface area contributed by atoms with Gasteiger partial charge in [-0.15, -0.1) is 0 Å². The molecule has 0 spiro atoms. The molecule has 88 valence electrons. The van der Waals surface area contributed by atoms with Crippen molar-refractivity contribution >= 4 is 10.0 Å². The Bertz CT molecular complexity index is 326. The van der Waals surface area contributed by atoms with Crippen LogP contribution < -0.4 is 5.73 Å². The first-order valence-corrected chi connectivity index (χ1v) is 6.89. The molecule has 1 aliphatic heterocycles. The van der Waals surface area contributed by atoms with Gasteiger partial charge in [0.05, 0.1) is 17.5 Å². The fraction of sp³-hybridized carbons (Fsp3) is 1.00. The second-order valence-corrected chi connectivity index (χ2v) is 6.58. The van der Waals surface area contributed by atoms with E-state index in [4.69, 9.17) is 10.5 Å². The molecule has 15 heavy (non-hydrogen) atoms. The van der Waals surface area contributed by atoms with Crippen molar-refractivity contribution in [3.05, 3.63) is 0 Å². The first kappa shape index (κ1) is 11.3. The number of rotatable bonds is 3. The van der Waals surface area contributed by atoms with E-state index in [0.717, 1.165) is 12.8 Å². The van der Waals surface area contributed by atoms with Gasteiger partial charge in [-0.3, -0.25) is 0 Å². The molecule has 0 bridgehead atoms. The number of hydrogen-bond donors (Lipinski definition) is 1. The second-order valence-electron chi connectivity index (χ2n) is 4.37. The zero-order chi connectivity index (χ0) is 11.1. The van der Waals surface area contributed by atoms with Crippen LogP contribution in [0.1, 0.15) is 19.8 Å². The topological polar surface area (TPSA) is 72.6 Å². The van der Waals surface area contributed by atoms with Crippen LogP contribution in [0.25, 0.3) is 0 Å². The van der Waals surface area contributed by atoms with Crippen molar-refractivity contribution in [3.8, 4) is 0 Å². The number of hydrogen-bond acceptors (Lipinski definition) is 4. The summed E-state index contributed by atoms with van der Waals surface area (Å²) < 4.78 is 31.1. The highest BCUT2D eigenvalue weighted by Gasteiger charge is 2.42. The van der Waals surface area contributed by atoms with Crippen LogP contribution in [0.4, 0.5) is 0 Å². The molecule has 1 saturated carbocycles. The average Bonchev–Trinajstić information content (AvgIpc) is 3.00. The van der Waals surface area contributed by atoms with Gasteiger partial charge in [0.1, 0.15) is 0 Å². The zero-order valence-electron chi connectivity index (χ0n) is 8.93. The molecule has 1 heterocycles. The van der Waals surface area contributed by atoms with Crippen molar-refractivity contribution in [2.24, 2.45) is 5.73 Å². The van der Waals surface area contributed by atoms with Gasteiger partial charge in [0.25, 0.3) is 0 Å². The summed E-state index contributed by atoms with van der Waals surface area (Å²) in [6.45, 7) is 3.15. The van der Waals surface area contributed by atoms with Gasteiger partial charge in [0.15, 0.2) is 0 Å². The molecule has 2 aliphatic rings. The quantitative estimate of drug-likeness (QED) is 0.716. The van der Waals surface area contributed by atoms with E-state index >= 15 is 0 Å². The Labute approximate surface area is 90.6 Å². The molecule has 0 amide bonds. The van der Waals surface area contributed by atoms with Crippen LogP contribution >= 0.6 is 0 Å². The van der Waals surface area contributed by atoms with Crippen LogP contribution in [-0.2, 0) is 14.8 Å². The molecular weight excluding hydrogens is 216 g/mol. The highest BCUT2D eigenvalue weighted by Crippen LogP contribution is 2.32. The lowest BCUT2D eigenvalue weighted by Gasteiger charge is -2.35. The normalized spacial score (nSPS) is 34.3. The SMILES string of the molecule is CC1CN(S(=O)(=O)C2CC2)CC(CN)O1. The highest BCUT2D eigenvalue weighted by molar-refractivity contribution is 7.90. The van der Waals surface area contributed by atoms with Gasteiger partial charge in [-0.1, -0.05) is 0 Å². The molecule has 2 unspecified atom stereocenters. The number of nitrogens with zero attached hydrogens (tertiary/aromatic N) is 1. The van der Waals surface area contributed by atoms with E-state index in [1.165, 1.54) is 0 Å². The number of morpholine rings is 1. The summed E-state index contributed by atoms with van der Waals surface area (Å²) in [5, 5.41) is -0.138. The third-order valence-electron chi connectivity index (χ3n) is 2.86. The Hall–Kier alpha value is -0.170. The lowest BCUT2D eigenvalue weighted by Crippen LogP contribution is -2.52. The summed E-state index contributed by atoms with van der Waals surface area (Å²) >= 11 is 0. The average molecular weight is 234 g/mol. The number of nitrogens with two attached hydrogens (primary N) is 1. The molecule has 1 aliphatic carbocycles. The maximum absolute atomic E-state index is 12.0. The minimum Gasteiger partial charge on any atom is -0.371 e. The van der Waals surface area contributed by atoms with E-state index in [1.54, 1.807) is 4.31 Å². The maximum atomic E-state index is 12.0. The molecule has 0 aromatic heterocycles. The largest absolute Gasteiger partial charge is 0.371 e. The smallest absolute Gasteiger partial charge is 0.217 e. The van der Waals surface area contributed by atoms with E-state index in [2.05, 4.69) is 0 Å². The van der Waals surface area contributed by atoms with Gasteiger partial charge in [0.2, 0.25) is 10.0 Å². The molecule has 0 radical (unpaired) electrons. The standard InChI is InChI=1S/C9H18N2O3S/c1-7-5-11(6-8(4-10)14-7)15(12,13)9-2-3-9/h7-9H,2-6,10H2,1H3. The molecule has 6 heteroatoms. The van der Waals surface area contributed by atoms with Gasteiger partial charge in [-0.25, -0.2) is 8.42 Å². The first-order chi connectivity index (χ1) is 7.04. The zero-order valence-corrected chi connectivity index (χ0v) is 9.74. The van der Waals surface area contributed by atoms with Crippen LogP contribution in [0.3, 0.4) is 0 Å². The van der Waals surface area contributed by atoms with Crippen LogP contribution in [0.15, 0.2) is 0 Å². The number of sulfonamides is 1. The second kappa shape index (κ2) is 4.01. The number of ether oxygens (including phenoxy) is 1. The van der Waals surface area contributed by atoms with Gasteiger partial charge >= 0.3 is 0 Å². The first-order valence-electron chi connectivity index (χ1n) is 5.38. The summed E-state index contributed by atoms with van der Waals surface area (Å²) in [6, 6.07) is 0. The van der Waals surface area contributed by atoms with Crippen LogP contribution in [-0.4, -0.2) is 49.8 Å². The summed E-state index contributed by atoms with van der Waals surface area (Å²) in [4.78, 5) is 0. The van der Waals surface area contributed by atoms with Crippen molar-refractivity contribution in [2.75, 3.05) is 19.6 Å². The molecule has 2 atom stereocenters. The fourth-order valence-corrected chi connectivity index (χ4v) is 3.86.